The van der Waals surface area contributed by atoms with E-state index in [9.17, 15) is 4.79 Å². The van der Waals surface area contributed by atoms with Gasteiger partial charge in [0.25, 0.3) is 5.91 Å². The molecule has 1 aliphatic rings. The summed E-state index contributed by atoms with van der Waals surface area (Å²) >= 11 is 0. The van der Waals surface area contributed by atoms with Crippen LogP contribution >= 0.6 is 0 Å². The summed E-state index contributed by atoms with van der Waals surface area (Å²) in [5, 5.41) is 3.41. The number of piperidine rings is 1. The highest BCUT2D eigenvalue weighted by atomic mass is 16.2. The average molecular weight is 275 g/mol. The third kappa shape index (κ3) is 3.79. The average Bonchev–Trinajstić information content (AvgIpc) is 2.45. The second-order valence-electron chi connectivity index (χ2n) is 5.93. The topological polar surface area (TPSA) is 45.2 Å². The molecule has 4 nitrogen and oxygen atoms in total. The van der Waals surface area contributed by atoms with Crippen molar-refractivity contribution in [3.05, 3.63) is 29.6 Å². The number of carbonyl (C=O) groups is 1. The van der Waals surface area contributed by atoms with Crippen LogP contribution < -0.4 is 5.32 Å². The summed E-state index contributed by atoms with van der Waals surface area (Å²) in [6.45, 7) is 9.00. The molecule has 2 heterocycles. The molecular weight excluding hydrogens is 250 g/mol. The van der Waals surface area contributed by atoms with E-state index < -0.39 is 0 Å². The number of aromatic nitrogens is 1. The van der Waals surface area contributed by atoms with Gasteiger partial charge < -0.3 is 10.2 Å². The second kappa shape index (κ2) is 6.84. The lowest BCUT2D eigenvalue weighted by Crippen LogP contribution is -2.44. The lowest BCUT2D eigenvalue weighted by Gasteiger charge is -2.32. The molecule has 1 aliphatic heterocycles. The van der Waals surface area contributed by atoms with Gasteiger partial charge in [0.1, 0.15) is 5.69 Å². The minimum Gasteiger partial charge on any atom is -0.335 e. The molecule has 0 aromatic carbocycles. The summed E-state index contributed by atoms with van der Waals surface area (Å²) in [4.78, 5) is 19.0. The molecule has 1 aromatic rings. The number of rotatable bonds is 4. The fourth-order valence-electron chi connectivity index (χ4n) is 2.70. The van der Waals surface area contributed by atoms with Crippen molar-refractivity contribution in [2.75, 3.05) is 19.6 Å². The Balaban J connectivity index is 2.09. The molecule has 2 rings (SSSR count). The van der Waals surface area contributed by atoms with Gasteiger partial charge in [0, 0.05) is 18.3 Å². The highest BCUT2D eigenvalue weighted by Crippen LogP contribution is 2.15. The fourth-order valence-corrected chi connectivity index (χ4v) is 2.70. The fraction of sp³-hybridized carbons (Fsp3) is 0.625. The zero-order chi connectivity index (χ0) is 14.5. The van der Waals surface area contributed by atoms with Crippen LogP contribution in [0.5, 0.6) is 0 Å². The first-order valence-electron chi connectivity index (χ1n) is 7.53. The van der Waals surface area contributed by atoms with Crippen molar-refractivity contribution in [1.29, 1.82) is 0 Å². The van der Waals surface area contributed by atoms with Crippen LogP contribution in [0.15, 0.2) is 18.2 Å². The van der Waals surface area contributed by atoms with E-state index in [1.54, 1.807) is 0 Å². The Morgan fingerprint density at radius 1 is 1.50 bits per heavy atom. The maximum atomic E-state index is 12.7. The van der Waals surface area contributed by atoms with Gasteiger partial charge in [0.15, 0.2) is 0 Å². The molecule has 1 unspecified atom stereocenters. The van der Waals surface area contributed by atoms with Crippen LogP contribution in [0.3, 0.4) is 0 Å². The molecule has 20 heavy (non-hydrogen) atoms. The lowest BCUT2D eigenvalue weighted by atomic mass is 9.98. The molecule has 1 fully saturated rings. The zero-order valence-electron chi connectivity index (χ0n) is 12.7. The third-order valence-electron chi connectivity index (χ3n) is 3.85. The van der Waals surface area contributed by atoms with Gasteiger partial charge in [-0.05, 0) is 64.8 Å². The molecule has 1 saturated heterocycles. The van der Waals surface area contributed by atoms with Crippen molar-refractivity contribution in [3.8, 4) is 0 Å². The summed E-state index contributed by atoms with van der Waals surface area (Å²) in [5.74, 6) is 0.606. The predicted molar refractivity (Wildman–Crippen MR) is 80.7 cm³/mol. The number of nitrogens with zero attached hydrogens (tertiary/aromatic N) is 2. The van der Waals surface area contributed by atoms with Crippen molar-refractivity contribution in [3.63, 3.8) is 0 Å². The van der Waals surface area contributed by atoms with Gasteiger partial charge in [0.2, 0.25) is 0 Å². The number of nitrogens with one attached hydrogen (secondary N) is 1. The van der Waals surface area contributed by atoms with E-state index in [1.807, 2.05) is 30.0 Å². The molecule has 0 radical (unpaired) electrons. The number of aryl methyl sites for hydroxylation is 1. The monoisotopic (exact) mass is 275 g/mol. The highest BCUT2D eigenvalue weighted by Gasteiger charge is 2.24. The second-order valence-corrected chi connectivity index (χ2v) is 5.93. The van der Waals surface area contributed by atoms with Crippen LogP contribution in [0.25, 0.3) is 0 Å². The molecule has 0 aliphatic carbocycles. The summed E-state index contributed by atoms with van der Waals surface area (Å²) in [6, 6.07) is 5.83. The number of hydrogen-bond acceptors (Lipinski definition) is 3. The van der Waals surface area contributed by atoms with Crippen LogP contribution in [0.2, 0.25) is 0 Å². The largest absolute Gasteiger partial charge is 0.335 e. The maximum absolute atomic E-state index is 12.7. The van der Waals surface area contributed by atoms with Gasteiger partial charge in [0.05, 0.1) is 0 Å². The Labute approximate surface area is 121 Å². The van der Waals surface area contributed by atoms with E-state index in [1.165, 1.54) is 12.8 Å². The number of hydrogen-bond donors (Lipinski definition) is 1. The van der Waals surface area contributed by atoms with E-state index in [0.717, 1.165) is 25.3 Å². The van der Waals surface area contributed by atoms with Gasteiger partial charge in [-0.1, -0.05) is 6.07 Å². The quantitative estimate of drug-likeness (QED) is 0.916. The van der Waals surface area contributed by atoms with Gasteiger partial charge in [-0.25, -0.2) is 4.98 Å². The molecule has 1 atom stereocenters. The van der Waals surface area contributed by atoms with Crippen LogP contribution in [-0.4, -0.2) is 41.5 Å². The lowest BCUT2D eigenvalue weighted by molar-refractivity contribution is 0.0654. The first-order valence-corrected chi connectivity index (χ1v) is 7.53. The molecular formula is C16H25N3O. The van der Waals surface area contributed by atoms with E-state index >= 15 is 0 Å². The van der Waals surface area contributed by atoms with Gasteiger partial charge >= 0.3 is 0 Å². The maximum Gasteiger partial charge on any atom is 0.272 e. The first-order chi connectivity index (χ1) is 9.58. The molecule has 1 aromatic heterocycles. The summed E-state index contributed by atoms with van der Waals surface area (Å²) in [7, 11) is 0. The van der Waals surface area contributed by atoms with Gasteiger partial charge in [-0.2, -0.15) is 0 Å². The standard InChI is InChI=1S/C16H25N3O/c1-12(2)19(11-14-7-5-9-17-10-14)16(20)15-8-4-6-13(3)18-15/h4,6,8,12,14,17H,5,7,9-11H2,1-3H3. The first kappa shape index (κ1) is 15.0. The highest BCUT2D eigenvalue weighted by molar-refractivity contribution is 5.92. The molecule has 0 saturated carbocycles. The number of pyridine rings is 1. The van der Waals surface area contributed by atoms with Crippen molar-refractivity contribution < 1.29 is 4.79 Å². The third-order valence-corrected chi connectivity index (χ3v) is 3.85. The van der Waals surface area contributed by atoms with Crippen molar-refractivity contribution in [2.24, 2.45) is 5.92 Å². The molecule has 110 valence electrons. The SMILES string of the molecule is Cc1cccc(C(=O)N(CC2CCCNC2)C(C)C)n1. The van der Waals surface area contributed by atoms with Gasteiger partial charge in [-0.15, -0.1) is 0 Å². The van der Waals surface area contributed by atoms with Crippen molar-refractivity contribution >= 4 is 5.91 Å². The van der Waals surface area contributed by atoms with E-state index in [0.29, 0.717) is 11.6 Å². The van der Waals surface area contributed by atoms with Crippen LogP contribution in [0.4, 0.5) is 0 Å². The summed E-state index contributed by atoms with van der Waals surface area (Å²) in [5.41, 5.74) is 1.45. The van der Waals surface area contributed by atoms with Gasteiger partial charge in [-0.3, -0.25) is 4.79 Å². The summed E-state index contributed by atoms with van der Waals surface area (Å²) in [6.07, 6.45) is 2.40. The van der Waals surface area contributed by atoms with Crippen molar-refractivity contribution in [1.82, 2.24) is 15.2 Å². The molecule has 0 bridgehead atoms. The minimum absolute atomic E-state index is 0.0503. The Morgan fingerprint density at radius 2 is 2.30 bits per heavy atom. The Morgan fingerprint density at radius 3 is 2.90 bits per heavy atom. The number of carbonyl (C=O) groups excluding carboxylic acids is 1. The Bertz CT molecular complexity index is 453. The summed E-state index contributed by atoms with van der Waals surface area (Å²) < 4.78 is 0. The van der Waals surface area contributed by atoms with E-state index in [-0.39, 0.29) is 11.9 Å². The molecule has 1 amide bonds. The molecule has 4 heteroatoms. The predicted octanol–water partition coefficient (Wildman–Crippen LogP) is 2.24. The Kier molecular flexibility index (Phi) is 5.12. The van der Waals surface area contributed by atoms with Crippen LogP contribution in [0.1, 0.15) is 42.9 Å². The smallest absolute Gasteiger partial charge is 0.272 e. The molecule has 1 N–H and O–H groups in total. The minimum atomic E-state index is 0.0503. The number of amides is 1. The molecule has 0 spiro atoms. The van der Waals surface area contributed by atoms with Crippen LogP contribution in [-0.2, 0) is 0 Å². The van der Waals surface area contributed by atoms with E-state index in [4.69, 9.17) is 0 Å². The zero-order valence-corrected chi connectivity index (χ0v) is 12.7. The Hall–Kier alpha value is -1.42. The van der Waals surface area contributed by atoms with E-state index in [2.05, 4.69) is 24.1 Å². The van der Waals surface area contributed by atoms with Crippen molar-refractivity contribution in [2.45, 2.75) is 39.7 Å². The normalized spacial score (nSPS) is 19.1. The van der Waals surface area contributed by atoms with Crippen LogP contribution in [0, 0.1) is 12.8 Å².